The van der Waals surface area contributed by atoms with E-state index in [1.165, 1.54) is 0 Å². The van der Waals surface area contributed by atoms with Gasteiger partial charge in [0.1, 0.15) is 5.82 Å². The van der Waals surface area contributed by atoms with E-state index in [0.29, 0.717) is 6.54 Å². The molecule has 0 spiro atoms. The van der Waals surface area contributed by atoms with Crippen LogP contribution in [0.3, 0.4) is 0 Å². The summed E-state index contributed by atoms with van der Waals surface area (Å²) in [7, 11) is -0.929. The molecule has 0 aliphatic carbocycles. The van der Waals surface area contributed by atoms with Crippen LogP contribution in [0.5, 0.6) is 0 Å². The Kier molecular flexibility index (Phi) is 4.20. The van der Waals surface area contributed by atoms with Crippen LogP contribution in [-0.4, -0.2) is 15.4 Å². The number of nitrogens with zero attached hydrogens (tertiary/aromatic N) is 1. The van der Waals surface area contributed by atoms with Gasteiger partial charge in [-0.05, 0) is 42.3 Å². The fourth-order valence-electron chi connectivity index (χ4n) is 2.39. The highest BCUT2D eigenvalue weighted by Gasteiger charge is 2.03. The van der Waals surface area contributed by atoms with Crippen molar-refractivity contribution < 1.29 is 4.21 Å². The molecule has 0 radical (unpaired) electrons. The minimum Gasteiger partial charge on any atom is -0.366 e. The second-order valence-corrected chi connectivity index (χ2v) is 6.68. The van der Waals surface area contributed by atoms with Crippen LogP contribution in [-0.2, 0) is 17.3 Å². The largest absolute Gasteiger partial charge is 0.366 e. The zero-order valence-electron chi connectivity index (χ0n) is 12.7. The third-order valence-corrected chi connectivity index (χ3v) is 4.57. The number of anilines is 1. The molecular formula is C18H18N2OS. The molecule has 3 nitrogen and oxygen atoms in total. The SMILES string of the molecule is Cc1cc2ccccc2nc1NCc1ccc([S@](C)=O)cc1. The Morgan fingerprint density at radius 2 is 1.82 bits per heavy atom. The number of hydrogen-bond acceptors (Lipinski definition) is 3. The van der Waals surface area contributed by atoms with Crippen molar-refractivity contribution in [3.8, 4) is 0 Å². The lowest BCUT2D eigenvalue weighted by Gasteiger charge is -2.10. The molecule has 0 unspecified atom stereocenters. The Labute approximate surface area is 132 Å². The van der Waals surface area contributed by atoms with Gasteiger partial charge in [0.2, 0.25) is 0 Å². The molecular weight excluding hydrogens is 292 g/mol. The molecule has 0 fully saturated rings. The summed E-state index contributed by atoms with van der Waals surface area (Å²) in [5, 5.41) is 4.54. The van der Waals surface area contributed by atoms with Gasteiger partial charge in [-0.3, -0.25) is 4.21 Å². The second-order valence-electron chi connectivity index (χ2n) is 5.30. The van der Waals surface area contributed by atoms with Crippen molar-refractivity contribution in [2.24, 2.45) is 0 Å². The van der Waals surface area contributed by atoms with E-state index in [0.717, 1.165) is 32.7 Å². The first kappa shape index (κ1) is 14.7. The first-order valence-corrected chi connectivity index (χ1v) is 8.72. The van der Waals surface area contributed by atoms with Crippen LogP contribution in [0.2, 0.25) is 0 Å². The van der Waals surface area contributed by atoms with Crippen LogP contribution in [0.15, 0.2) is 59.5 Å². The lowest BCUT2D eigenvalue weighted by molar-refractivity contribution is 0.687. The van der Waals surface area contributed by atoms with E-state index in [-0.39, 0.29) is 0 Å². The summed E-state index contributed by atoms with van der Waals surface area (Å²) in [5.41, 5.74) is 3.26. The molecule has 1 atom stereocenters. The van der Waals surface area contributed by atoms with Crippen LogP contribution < -0.4 is 5.32 Å². The average molecular weight is 310 g/mol. The van der Waals surface area contributed by atoms with Crippen LogP contribution >= 0.6 is 0 Å². The smallest absolute Gasteiger partial charge is 0.129 e. The van der Waals surface area contributed by atoms with Gasteiger partial charge in [0.15, 0.2) is 0 Å². The van der Waals surface area contributed by atoms with Gasteiger partial charge in [-0.2, -0.15) is 0 Å². The molecule has 0 bridgehead atoms. The number of pyridine rings is 1. The van der Waals surface area contributed by atoms with Crippen molar-refractivity contribution in [2.45, 2.75) is 18.4 Å². The van der Waals surface area contributed by atoms with Crippen LogP contribution in [0.4, 0.5) is 5.82 Å². The molecule has 112 valence electrons. The van der Waals surface area contributed by atoms with E-state index < -0.39 is 10.8 Å². The monoisotopic (exact) mass is 310 g/mol. The molecule has 3 rings (SSSR count). The first-order valence-electron chi connectivity index (χ1n) is 7.16. The van der Waals surface area contributed by atoms with Gasteiger partial charge in [-0.25, -0.2) is 4.98 Å². The maximum atomic E-state index is 11.4. The Morgan fingerprint density at radius 1 is 1.09 bits per heavy atom. The molecule has 0 amide bonds. The minimum atomic E-state index is -0.929. The Bertz CT molecular complexity index is 828. The second kappa shape index (κ2) is 6.28. The quantitative estimate of drug-likeness (QED) is 0.795. The van der Waals surface area contributed by atoms with E-state index in [1.54, 1.807) is 6.26 Å². The van der Waals surface area contributed by atoms with Gasteiger partial charge >= 0.3 is 0 Å². The molecule has 4 heteroatoms. The van der Waals surface area contributed by atoms with Crippen molar-refractivity contribution in [3.05, 3.63) is 65.7 Å². The maximum Gasteiger partial charge on any atom is 0.129 e. The lowest BCUT2D eigenvalue weighted by Crippen LogP contribution is -2.03. The summed E-state index contributed by atoms with van der Waals surface area (Å²) in [6.07, 6.45) is 1.69. The number of aryl methyl sites for hydroxylation is 1. The Morgan fingerprint density at radius 3 is 2.55 bits per heavy atom. The number of fused-ring (bicyclic) bond motifs is 1. The molecule has 3 aromatic rings. The third kappa shape index (κ3) is 3.17. The number of benzene rings is 2. The molecule has 22 heavy (non-hydrogen) atoms. The maximum absolute atomic E-state index is 11.4. The third-order valence-electron chi connectivity index (χ3n) is 3.63. The van der Waals surface area contributed by atoms with E-state index in [1.807, 2.05) is 42.5 Å². The highest BCUT2D eigenvalue weighted by Crippen LogP contribution is 2.20. The van der Waals surface area contributed by atoms with Gasteiger partial charge in [-0.1, -0.05) is 30.3 Å². The fraction of sp³-hybridized carbons (Fsp3) is 0.167. The molecule has 0 saturated heterocycles. The van der Waals surface area contributed by atoms with Crippen LogP contribution in [0.1, 0.15) is 11.1 Å². The fourth-order valence-corrected chi connectivity index (χ4v) is 2.90. The lowest BCUT2D eigenvalue weighted by atomic mass is 10.1. The summed E-state index contributed by atoms with van der Waals surface area (Å²) >= 11 is 0. The van der Waals surface area contributed by atoms with Crippen molar-refractivity contribution >= 4 is 27.5 Å². The summed E-state index contributed by atoms with van der Waals surface area (Å²) < 4.78 is 11.4. The molecule has 1 heterocycles. The number of aromatic nitrogens is 1. The Balaban J connectivity index is 1.78. The molecule has 0 aliphatic heterocycles. The number of hydrogen-bond donors (Lipinski definition) is 1. The van der Waals surface area contributed by atoms with Gasteiger partial charge in [0.05, 0.1) is 5.52 Å². The summed E-state index contributed by atoms with van der Waals surface area (Å²) in [5.74, 6) is 0.904. The van der Waals surface area contributed by atoms with E-state index in [2.05, 4.69) is 29.4 Å². The standard InChI is InChI=1S/C18H18N2OS/c1-13-11-15-5-3-4-6-17(15)20-18(13)19-12-14-7-9-16(10-8-14)22(2)21/h3-11H,12H2,1-2H3,(H,19,20)/t22-/m0/s1. The number of para-hydroxylation sites is 1. The number of nitrogens with one attached hydrogen (secondary N) is 1. The van der Waals surface area contributed by atoms with Gasteiger partial charge in [-0.15, -0.1) is 0 Å². The highest BCUT2D eigenvalue weighted by atomic mass is 32.2. The zero-order valence-corrected chi connectivity index (χ0v) is 13.5. The highest BCUT2D eigenvalue weighted by molar-refractivity contribution is 7.84. The van der Waals surface area contributed by atoms with Gasteiger partial charge < -0.3 is 5.32 Å². The zero-order chi connectivity index (χ0) is 15.5. The normalized spacial score (nSPS) is 12.3. The van der Waals surface area contributed by atoms with Crippen LogP contribution in [0.25, 0.3) is 10.9 Å². The molecule has 2 aromatic carbocycles. The van der Waals surface area contributed by atoms with Gasteiger partial charge in [0, 0.05) is 33.9 Å². The van der Waals surface area contributed by atoms with E-state index >= 15 is 0 Å². The molecule has 1 aromatic heterocycles. The van der Waals surface area contributed by atoms with Crippen molar-refractivity contribution in [3.63, 3.8) is 0 Å². The van der Waals surface area contributed by atoms with Crippen molar-refractivity contribution in [1.29, 1.82) is 0 Å². The minimum absolute atomic E-state index is 0.697. The predicted molar refractivity (Wildman–Crippen MR) is 92.6 cm³/mol. The summed E-state index contributed by atoms with van der Waals surface area (Å²) in [6.45, 7) is 2.76. The summed E-state index contributed by atoms with van der Waals surface area (Å²) in [6, 6.07) is 18.1. The van der Waals surface area contributed by atoms with E-state index in [4.69, 9.17) is 0 Å². The summed E-state index contributed by atoms with van der Waals surface area (Å²) in [4.78, 5) is 5.53. The van der Waals surface area contributed by atoms with Crippen molar-refractivity contribution in [1.82, 2.24) is 4.98 Å². The molecule has 0 aliphatic rings. The first-order chi connectivity index (χ1) is 10.6. The average Bonchev–Trinajstić information content (AvgIpc) is 2.53. The van der Waals surface area contributed by atoms with E-state index in [9.17, 15) is 4.21 Å². The topological polar surface area (TPSA) is 42.0 Å². The van der Waals surface area contributed by atoms with Crippen molar-refractivity contribution in [2.75, 3.05) is 11.6 Å². The Hall–Kier alpha value is -2.20. The van der Waals surface area contributed by atoms with Crippen LogP contribution in [0, 0.1) is 6.92 Å². The predicted octanol–water partition coefficient (Wildman–Crippen LogP) is 3.89. The number of rotatable bonds is 4. The molecule has 0 saturated carbocycles. The molecule has 1 N–H and O–H groups in total. The van der Waals surface area contributed by atoms with Gasteiger partial charge in [0.25, 0.3) is 0 Å².